The van der Waals surface area contributed by atoms with E-state index in [1.165, 1.54) is 12.1 Å². The minimum absolute atomic E-state index is 0.239. The number of rotatable bonds is 4. The fourth-order valence-corrected chi connectivity index (χ4v) is 1.06. The van der Waals surface area contributed by atoms with Crippen LogP contribution in [0.5, 0.6) is 0 Å². The van der Waals surface area contributed by atoms with Gasteiger partial charge in [-0.25, -0.2) is 4.39 Å². The molecular weight excluding hydrogens is 210 g/mol. The van der Waals surface area contributed by atoms with Crippen molar-refractivity contribution in [3.63, 3.8) is 0 Å². The third-order valence-electron chi connectivity index (χ3n) is 1.47. The largest absolute Gasteiger partial charge is 0.695 e. The highest BCUT2D eigenvalue weighted by Crippen LogP contribution is 2.15. The summed E-state index contributed by atoms with van der Waals surface area (Å²) in [4.78, 5) is 19.4. The fourth-order valence-electron chi connectivity index (χ4n) is 0.833. The van der Waals surface area contributed by atoms with Crippen LogP contribution >= 0.6 is 8.25 Å². The predicted molar refractivity (Wildman–Crippen MR) is 46.5 cm³/mol. The van der Waals surface area contributed by atoms with Gasteiger partial charge in [-0.1, -0.05) is 0 Å². The molecule has 74 valence electrons. The molecule has 1 rings (SSSR count). The molecule has 0 radical (unpaired) electrons. The van der Waals surface area contributed by atoms with E-state index < -0.39 is 26.5 Å². The van der Waals surface area contributed by atoms with Crippen LogP contribution in [0.15, 0.2) is 24.3 Å². The van der Waals surface area contributed by atoms with Gasteiger partial charge in [0.15, 0.2) is 12.4 Å². The second kappa shape index (κ2) is 4.91. The minimum atomic E-state index is -2.77. The van der Waals surface area contributed by atoms with Crippen LogP contribution in [0, 0.1) is 5.82 Å². The minimum Gasteiger partial charge on any atom is -0.291 e. The SMILES string of the molecule is O=C(CO[P+](=O)O)c1ccc(F)cc1. The van der Waals surface area contributed by atoms with E-state index in [2.05, 4.69) is 4.52 Å². The van der Waals surface area contributed by atoms with E-state index in [0.717, 1.165) is 12.1 Å². The molecule has 0 aromatic heterocycles. The lowest BCUT2D eigenvalue weighted by atomic mass is 10.1. The van der Waals surface area contributed by atoms with Crippen molar-refractivity contribution in [2.24, 2.45) is 0 Å². The average molecular weight is 217 g/mol. The molecule has 0 spiro atoms. The first-order chi connectivity index (χ1) is 6.59. The van der Waals surface area contributed by atoms with Crippen molar-refractivity contribution in [1.82, 2.24) is 0 Å². The standard InChI is InChI=1S/C8H6FO4P/c9-7-3-1-6(2-4-7)8(10)5-13-14(11)12/h1-4H,5H2/p+1. The first kappa shape index (κ1) is 10.9. The Bertz CT molecular complexity index is 349. The molecule has 1 N–H and O–H groups in total. The Balaban J connectivity index is 2.61. The first-order valence-corrected chi connectivity index (χ1v) is 4.80. The number of hydrogen-bond donors (Lipinski definition) is 1. The maximum absolute atomic E-state index is 12.4. The molecule has 0 heterocycles. The molecule has 0 aliphatic rings. The van der Waals surface area contributed by atoms with Crippen molar-refractivity contribution in [3.05, 3.63) is 35.6 Å². The number of halogens is 1. The van der Waals surface area contributed by atoms with Crippen molar-refractivity contribution in [2.45, 2.75) is 0 Å². The van der Waals surface area contributed by atoms with Crippen LogP contribution in [0.1, 0.15) is 10.4 Å². The summed E-state index contributed by atoms with van der Waals surface area (Å²) in [7, 11) is -2.77. The number of carbonyl (C=O) groups excluding carboxylic acids is 1. The Labute approximate surface area is 80.3 Å². The highest BCUT2D eigenvalue weighted by atomic mass is 31.1. The number of hydrogen-bond acceptors (Lipinski definition) is 3. The lowest BCUT2D eigenvalue weighted by Gasteiger charge is -1.95. The van der Waals surface area contributed by atoms with Gasteiger partial charge in [-0.05, 0) is 24.3 Å². The predicted octanol–water partition coefficient (Wildman–Crippen LogP) is 1.67. The van der Waals surface area contributed by atoms with E-state index in [-0.39, 0.29) is 5.56 Å². The summed E-state index contributed by atoms with van der Waals surface area (Å²) in [6, 6.07) is 4.83. The van der Waals surface area contributed by atoms with Crippen LogP contribution in [-0.2, 0) is 9.09 Å². The smallest absolute Gasteiger partial charge is 0.291 e. The molecule has 0 aliphatic carbocycles. The highest BCUT2D eigenvalue weighted by molar-refractivity contribution is 7.32. The molecule has 0 aliphatic heterocycles. The maximum atomic E-state index is 12.4. The summed E-state index contributed by atoms with van der Waals surface area (Å²) >= 11 is 0. The molecule has 14 heavy (non-hydrogen) atoms. The van der Waals surface area contributed by atoms with Gasteiger partial charge in [-0.3, -0.25) is 4.79 Å². The van der Waals surface area contributed by atoms with E-state index in [9.17, 15) is 13.8 Å². The molecule has 1 atom stereocenters. The molecule has 6 heteroatoms. The molecule has 0 saturated heterocycles. The van der Waals surface area contributed by atoms with Crippen molar-refractivity contribution in [2.75, 3.05) is 6.61 Å². The van der Waals surface area contributed by atoms with Gasteiger partial charge in [0, 0.05) is 10.1 Å². The zero-order valence-electron chi connectivity index (χ0n) is 7.01. The number of Topliss-reactive ketones (excluding diaryl/α,β-unsaturated/α-hetero) is 1. The Kier molecular flexibility index (Phi) is 3.83. The van der Waals surface area contributed by atoms with Crippen LogP contribution < -0.4 is 0 Å². The second-order valence-corrected chi connectivity index (χ2v) is 3.18. The first-order valence-electron chi connectivity index (χ1n) is 3.67. The number of carbonyl (C=O) groups is 1. The summed E-state index contributed by atoms with van der Waals surface area (Å²) in [5.74, 6) is -0.918. The van der Waals surface area contributed by atoms with Crippen LogP contribution in [0.3, 0.4) is 0 Å². The quantitative estimate of drug-likeness (QED) is 0.615. The van der Waals surface area contributed by atoms with Crippen LogP contribution in [0.25, 0.3) is 0 Å². The third-order valence-corrected chi connectivity index (χ3v) is 1.82. The molecule has 1 aromatic rings. The van der Waals surface area contributed by atoms with Crippen molar-refractivity contribution < 1.29 is 23.2 Å². The van der Waals surface area contributed by atoms with E-state index in [0.29, 0.717) is 0 Å². The lowest BCUT2D eigenvalue weighted by molar-refractivity contribution is 0.0917. The fraction of sp³-hybridized carbons (Fsp3) is 0.125. The van der Waals surface area contributed by atoms with E-state index >= 15 is 0 Å². The van der Waals surface area contributed by atoms with E-state index in [1.807, 2.05) is 0 Å². The topological polar surface area (TPSA) is 63.6 Å². The zero-order valence-corrected chi connectivity index (χ0v) is 7.91. The van der Waals surface area contributed by atoms with Crippen LogP contribution in [-0.4, -0.2) is 17.3 Å². The molecule has 4 nitrogen and oxygen atoms in total. The van der Waals surface area contributed by atoms with Crippen molar-refractivity contribution >= 4 is 14.0 Å². The normalized spacial score (nSPS) is 11.1. The Morgan fingerprint density at radius 2 is 2.00 bits per heavy atom. The summed E-state index contributed by atoms with van der Waals surface area (Å²) in [6.45, 7) is -0.489. The summed E-state index contributed by atoms with van der Waals surface area (Å²) in [6.07, 6.45) is 0. The summed E-state index contributed by atoms with van der Waals surface area (Å²) < 4.78 is 26.7. The van der Waals surface area contributed by atoms with Crippen molar-refractivity contribution in [1.29, 1.82) is 0 Å². The van der Waals surface area contributed by atoms with E-state index in [1.54, 1.807) is 0 Å². The molecule has 0 fully saturated rings. The Hall–Kier alpha value is -1.16. The summed E-state index contributed by atoms with van der Waals surface area (Å²) in [5.41, 5.74) is 0.239. The molecule has 0 saturated carbocycles. The Morgan fingerprint density at radius 3 is 2.50 bits per heavy atom. The second-order valence-electron chi connectivity index (χ2n) is 2.44. The van der Waals surface area contributed by atoms with Gasteiger partial charge in [0.05, 0.1) is 0 Å². The monoisotopic (exact) mass is 217 g/mol. The van der Waals surface area contributed by atoms with Gasteiger partial charge in [0.2, 0.25) is 0 Å². The van der Waals surface area contributed by atoms with Gasteiger partial charge in [-0.2, -0.15) is 0 Å². The van der Waals surface area contributed by atoms with Gasteiger partial charge >= 0.3 is 8.25 Å². The summed E-state index contributed by atoms with van der Waals surface area (Å²) in [5, 5.41) is 0. The average Bonchev–Trinajstić information content (AvgIpc) is 2.15. The van der Waals surface area contributed by atoms with Gasteiger partial charge in [0.25, 0.3) is 0 Å². The molecule has 0 amide bonds. The number of ketones is 1. The third kappa shape index (κ3) is 3.30. The van der Waals surface area contributed by atoms with E-state index in [4.69, 9.17) is 4.89 Å². The van der Waals surface area contributed by atoms with Crippen LogP contribution in [0.2, 0.25) is 0 Å². The van der Waals surface area contributed by atoms with Crippen molar-refractivity contribution in [3.8, 4) is 0 Å². The zero-order chi connectivity index (χ0) is 10.6. The molecule has 1 unspecified atom stereocenters. The maximum Gasteiger partial charge on any atom is 0.695 e. The highest BCUT2D eigenvalue weighted by Gasteiger charge is 2.16. The van der Waals surface area contributed by atoms with Gasteiger partial charge in [0.1, 0.15) is 5.82 Å². The molecule has 0 bridgehead atoms. The van der Waals surface area contributed by atoms with Gasteiger partial charge < -0.3 is 0 Å². The lowest BCUT2D eigenvalue weighted by Crippen LogP contribution is -2.05. The van der Waals surface area contributed by atoms with Crippen LogP contribution in [0.4, 0.5) is 4.39 Å². The number of benzene rings is 1. The Morgan fingerprint density at radius 1 is 1.43 bits per heavy atom. The van der Waals surface area contributed by atoms with Gasteiger partial charge in [-0.15, -0.1) is 9.42 Å². The molecule has 1 aromatic carbocycles. The molecular formula is C8H7FO4P+.